The highest BCUT2D eigenvalue weighted by Gasteiger charge is 2.03. The second-order valence-corrected chi connectivity index (χ2v) is 3.36. The number of nitrogens with one attached hydrogen (secondary N) is 1. The van der Waals surface area contributed by atoms with Crippen molar-refractivity contribution in [3.63, 3.8) is 0 Å². The molecule has 82 valence electrons. The SMILES string of the molecule is Cc1c(F)cccc1Nc1cnc(N)cn1. The molecule has 0 amide bonds. The van der Waals surface area contributed by atoms with Gasteiger partial charge in [0.25, 0.3) is 0 Å². The molecule has 2 rings (SSSR count). The Bertz CT molecular complexity index is 496. The lowest BCUT2D eigenvalue weighted by atomic mass is 10.2. The number of rotatable bonds is 2. The van der Waals surface area contributed by atoms with E-state index >= 15 is 0 Å². The highest BCUT2D eigenvalue weighted by Crippen LogP contribution is 2.20. The number of nitrogen functional groups attached to an aromatic ring is 1. The number of halogens is 1. The van der Waals surface area contributed by atoms with E-state index in [2.05, 4.69) is 15.3 Å². The van der Waals surface area contributed by atoms with Gasteiger partial charge < -0.3 is 11.1 Å². The smallest absolute Gasteiger partial charge is 0.149 e. The zero-order chi connectivity index (χ0) is 11.5. The molecule has 0 aliphatic carbocycles. The van der Waals surface area contributed by atoms with Crippen LogP contribution in [0.2, 0.25) is 0 Å². The summed E-state index contributed by atoms with van der Waals surface area (Å²) in [6.07, 6.45) is 2.94. The third kappa shape index (κ3) is 2.08. The first-order valence-corrected chi connectivity index (χ1v) is 4.76. The Labute approximate surface area is 92.3 Å². The molecule has 5 heteroatoms. The van der Waals surface area contributed by atoms with Crippen LogP contribution in [-0.4, -0.2) is 9.97 Å². The van der Waals surface area contributed by atoms with Crippen molar-refractivity contribution < 1.29 is 4.39 Å². The van der Waals surface area contributed by atoms with Gasteiger partial charge in [-0.2, -0.15) is 0 Å². The molecule has 2 aromatic rings. The maximum absolute atomic E-state index is 13.3. The summed E-state index contributed by atoms with van der Waals surface area (Å²) >= 11 is 0. The first-order valence-electron chi connectivity index (χ1n) is 4.76. The number of hydrogen-bond donors (Lipinski definition) is 2. The summed E-state index contributed by atoms with van der Waals surface area (Å²) in [7, 11) is 0. The van der Waals surface area contributed by atoms with Gasteiger partial charge in [-0.1, -0.05) is 6.07 Å². The largest absolute Gasteiger partial charge is 0.382 e. The molecule has 3 N–H and O–H groups in total. The number of aromatic nitrogens is 2. The van der Waals surface area contributed by atoms with Crippen molar-refractivity contribution in [1.82, 2.24) is 9.97 Å². The topological polar surface area (TPSA) is 63.8 Å². The van der Waals surface area contributed by atoms with Crippen molar-refractivity contribution in [2.24, 2.45) is 0 Å². The van der Waals surface area contributed by atoms with E-state index in [0.717, 1.165) is 0 Å². The minimum absolute atomic E-state index is 0.256. The summed E-state index contributed by atoms with van der Waals surface area (Å²) in [4.78, 5) is 7.91. The minimum Gasteiger partial charge on any atom is -0.382 e. The van der Waals surface area contributed by atoms with Crippen molar-refractivity contribution in [2.75, 3.05) is 11.1 Å². The van der Waals surface area contributed by atoms with Gasteiger partial charge in [-0.25, -0.2) is 14.4 Å². The molecule has 0 saturated heterocycles. The van der Waals surface area contributed by atoms with Crippen molar-refractivity contribution in [2.45, 2.75) is 6.92 Å². The first-order chi connectivity index (χ1) is 7.66. The van der Waals surface area contributed by atoms with E-state index < -0.39 is 0 Å². The highest BCUT2D eigenvalue weighted by atomic mass is 19.1. The molecule has 0 aliphatic rings. The molecule has 1 heterocycles. The van der Waals surface area contributed by atoms with Crippen LogP contribution in [0.5, 0.6) is 0 Å². The molecule has 0 fully saturated rings. The second kappa shape index (κ2) is 4.14. The summed E-state index contributed by atoms with van der Waals surface area (Å²) in [5.74, 6) is 0.623. The van der Waals surface area contributed by atoms with Gasteiger partial charge in [0.2, 0.25) is 0 Å². The van der Waals surface area contributed by atoms with Crippen LogP contribution in [0, 0.1) is 12.7 Å². The van der Waals surface area contributed by atoms with Gasteiger partial charge in [-0.15, -0.1) is 0 Å². The third-order valence-electron chi connectivity index (χ3n) is 2.20. The normalized spacial score (nSPS) is 10.1. The number of nitrogens with two attached hydrogens (primary N) is 1. The van der Waals surface area contributed by atoms with Gasteiger partial charge >= 0.3 is 0 Å². The van der Waals surface area contributed by atoms with Crippen LogP contribution in [0.3, 0.4) is 0 Å². The van der Waals surface area contributed by atoms with Crippen molar-refractivity contribution >= 4 is 17.3 Å². The van der Waals surface area contributed by atoms with Crippen molar-refractivity contribution in [3.05, 3.63) is 42.0 Å². The van der Waals surface area contributed by atoms with Crippen LogP contribution >= 0.6 is 0 Å². The van der Waals surface area contributed by atoms with Crippen LogP contribution in [-0.2, 0) is 0 Å². The van der Waals surface area contributed by atoms with Crippen LogP contribution in [0.4, 0.5) is 21.7 Å². The number of hydrogen-bond acceptors (Lipinski definition) is 4. The molecule has 16 heavy (non-hydrogen) atoms. The van der Waals surface area contributed by atoms with E-state index in [1.54, 1.807) is 19.1 Å². The molecule has 1 aromatic carbocycles. The average Bonchev–Trinajstić information content (AvgIpc) is 2.28. The fraction of sp³-hybridized carbons (Fsp3) is 0.0909. The first kappa shape index (κ1) is 10.4. The molecule has 1 aromatic heterocycles. The zero-order valence-corrected chi connectivity index (χ0v) is 8.74. The summed E-state index contributed by atoms with van der Waals surface area (Å²) < 4.78 is 13.3. The van der Waals surface area contributed by atoms with Crippen LogP contribution in [0.15, 0.2) is 30.6 Å². The van der Waals surface area contributed by atoms with Gasteiger partial charge in [-0.05, 0) is 19.1 Å². The van der Waals surface area contributed by atoms with E-state index in [1.165, 1.54) is 18.5 Å². The summed E-state index contributed by atoms with van der Waals surface area (Å²) in [5, 5.41) is 2.97. The van der Waals surface area contributed by atoms with E-state index in [0.29, 0.717) is 22.9 Å². The minimum atomic E-state index is -0.256. The van der Waals surface area contributed by atoms with E-state index in [-0.39, 0.29) is 5.82 Å². The fourth-order valence-electron chi connectivity index (χ4n) is 1.28. The molecule has 0 saturated carbocycles. The lowest BCUT2D eigenvalue weighted by Crippen LogP contribution is -1.99. The number of benzene rings is 1. The predicted octanol–water partition coefficient (Wildman–Crippen LogP) is 2.25. The standard InChI is InChI=1S/C11H11FN4/c1-7-8(12)3-2-4-9(7)16-11-6-14-10(13)5-15-11/h2-6H,1H3,(H2,13,14)(H,15,16). The Morgan fingerprint density at radius 2 is 2.06 bits per heavy atom. The Balaban J connectivity index is 2.27. The Morgan fingerprint density at radius 1 is 1.25 bits per heavy atom. The van der Waals surface area contributed by atoms with Crippen LogP contribution in [0.25, 0.3) is 0 Å². The molecule has 0 unspecified atom stereocenters. The molecular weight excluding hydrogens is 207 g/mol. The third-order valence-corrected chi connectivity index (χ3v) is 2.20. The maximum Gasteiger partial charge on any atom is 0.149 e. The van der Waals surface area contributed by atoms with Crippen molar-refractivity contribution in [3.8, 4) is 0 Å². The van der Waals surface area contributed by atoms with Gasteiger partial charge in [0, 0.05) is 11.3 Å². The molecule has 0 spiro atoms. The van der Waals surface area contributed by atoms with E-state index in [1.807, 2.05) is 0 Å². The van der Waals surface area contributed by atoms with E-state index in [9.17, 15) is 4.39 Å². The lowest BCUT2D eigenvalue weighted by molar-refractivity contribution is 0.619. The molecule has 0 bridgehead atoms. The summed E-state index contributed by atoms with van der Waals surface area (Å²) in [6, 6.07) is 4.82. The Hall–Kier alpha value is -2.17. The van der Waals surface area contributed by atoms with Gasteiger partial charge in [0.05, 0.1) is 12.4 Å². The zero-order valence-electron chi connectivity index (χ0n) is 8.74. The van der Waals surface area contributed by atoms with Gasteiger partial charge in [0.1, 0.15) is 17.5 Å². The van der Waals surface area contributed by atoms with Crippen molar-refractivity contribution in [1.29, 1.82) is 0 Å². The fourth-order valence-corrected chi connectivity index (χ4v) is 1.28. The van der Waals surface area contributed by atoms with E-state index in [4.69, 9.17) is 5.73 Å². The van der Waals surface area contributed by atoms with Gasteiger partial charge in [-0.3, -0.25) is 0 Å². The molecular formula is C11H11FN4. The Kier molecular flexibility index (Phi) is 2.68. The molecule has 0 aliphatic heterocycles. The lowest BCUT2D eigenvalue weighted by Gasteiger charge is -2.08. The molecule has 0 atom stereocenters. The highest BCUT2D eigenvalue weighted by molar-refractivity contribution is 5.60. The number of nitrogens with zero attached hydrogens (tertiary/aromatic N) is 2. The molecule has 4 nitrogen and oxygen atoms in total. The quantitative estimate of drug-likeness (QED) is 0.811. The monoisotopic (exact) mass is 218 g/mol. The Morgan fingerprint density at radius 3 is 2.75 bits per heavy atom. The average molecular weight is 218 g/mol. The predicted molar refractivity (Wildman–Crippen MR) is 60.9 cm³/mol. The summed E-state index contributed by atoms with van der Waals surface area (Å²) in [6.45, 7) is 1.70. The van der Waals surface area contributed by atoms with Crippen LogP contribution < -0.4 is 11.1 Å². The van der Waals surface area contributed by atoms with Gasteiger partial charge in [0.15, 0.2) is 0 Å². The number of anilines is 3. The van der Waals surface area contributed by atoms with Crippen LogP contribution in [0.1, 0.15) is 5.56 Å². The summed E-state index contributed by atoms with van der Waals surface area (Å²) in [5.41, 5.74) is 6.62. The second-order valence-electron chi connectivity index (χ2n) is 3.36. The maximum atomic E-state index is 13.3. The molecule has 0 radical (unpaired) electrons.